The van der Waals surface area contributed by atoms with Crippen LogP contribution in [-0.2, 0) is 6.42 Å². The van der Waals surface area contributed by atoms with Gasteiger partial charge >= 0.3 is 0 Å². The van der Waals surface area contributed by atoms with Crippen molar-refractivity contribution in [1.82, 2.24) is 0 Å². The summed E-state index contributed by atoms with van der Waals surface area (Å²) in [5.74, 6) is 0.463. The number of ketones is 1. The summed E-state index contributed by atoms with van der Waals surface area (Å²) in [6.07, 6.45) is 5.61. The molecule has 1 rings (SSSR count). The quantitative estimate of drug-likeness (QED) is 0.439. The van der Waals surface area contributed by atoms with Gasteiger partial charge in [0.2, 0.25) is 0 Å². The maximum atomic E-state index is 11.4. The molecule has 0 heterocycles. The van der Waals surface area contributed by atoms with Crippen molar-refractivity contribution in [2.45, 2.75) is 39.5 Å². The second-order valence-corrected chi connectivity index (χ2v) is 4.58. The third kappa shape index (κ3) is 4.43. The number of rotatable bonds is 8. The molecule has 0 amide bonds. The minimum atomic E-state index is -0.152. The number of carbonyl (C=O) groups excluding carboxylic acids is 1. The molecule has 0 unspecified atom stereocenters. The van der Waals surface area contributed by atoms with Gasteiger partial charge in [0.15, 0.2) is 5.78 Å². The largest absolute Gasteiger partial charge is 0.507 e. The van der Waals surface area contributed by atoms with Crippen LogP contribution < -0.4 is 4.74 Å². The molecule has 1 N–H and O–H groups in total. The zero-order valence-corrected chi connectivity index (χ0v) is 11.7. The van der Waals surface area contributed by atoms with Gasteiger partial charge in [-0.3, -0.25) is 4.79 Å². The van der Waals surface area contributed by atoms with Crippen molar-refractivity contribution in [2.24, 2.45) is 0 Å². The first kappa shape index (κ1) is 15.3. The summed E-state index contributed by atoms with van der Waals surface area (Å²) in [5.41, 5.74) is 1.22. The third-order valence-corrected chi connectivity index (χ3v) is 2.93. The first-order valence-corrected chi connectivity index (χ1v) is 6.70. The highest BCUT2D eigenvalue weighted by Crippen LogP contribution is 2.29. The fourth-order valence-electron chi connectivity index (χ4n) is 1.88. The molecule has 3 heteroatoms. The number of phenols is 1. The number of aromatic hydroxyl groups is 1. The monoisotopic (exact) mass is 262 g/mol. The fourth-order valence-corrected chi connectivity index (χ4v) is 1.88. The van der Waals surface area contributed by atoms with Crippen molar-refractivity contribution in [3.8, 4) is 11.5 Å². The molecule has 0 aliphatic heterocycles. The smallest absolute Gasteiger partial charge is 0.163 e. The lowest BCUT2D eigenvalue weighted by Crippen LogP contribution is -2.02. The van der Waals surface area contributed by atoms with Gasteiger partial charge in [0.1, 0.15) is 11.5 Å². The first-order chi connectivity index (χ1) is 9.10. The van der Waals surface area contributed by atoms with Crippen LogP contribution in [0.4, 0.5) is 0 Å². The van der Waals surface area contributed by atoms with Crippen molar-refractivity contribution in [1.29, 1.82) is 0 Å². The predicted octanol–water partition coefficient (Wildman–Crippen LogP) is 3.89. The average molecular weight is 262 g/mol. The Hall–Kier alpha value is -1.77. The van der Waals surface area contributed by atoms with E-state index in [0.29, 0.717) is 24.3 Å². The van der Waals surface area contributed by atoms with Crippen LogP contribution in [0.1, 0.15) is 49.0 Å². The highest BCUT2D eigenvalue weighted by molar-refractivity contribution is 5.97. The normalized spacial score (nSPS) is 10.2. The summed E-state index contributed by atoms with van der Waals surface area (Å²) >= 11 is 0. The fraction of sp³-hybridized carbons (Fsp3) is 0.438. The molecule has 1 aromatic rings. The predicted molar refractivity (Wildman–Crippen MR) is 77.0 cm³/mol. The molecule has 0 saturated heterocycles. The zero-order chi connectivity index (χ0) is 14.3. The van der Waals surface area contributed by atoms with Crippen LogP contribution in [0.25, 0.3) is 0 Å². The molecule has 0 atom stereocenters. The summed E-state index contributed by atoms with van der Waals surface area (Å²) in [5, 5.41) is 9.83. The van der Waals surface area contributed by atoms with Gasteiger partial charge in [-0.2, -0.15) is 0 Å². The van der Waals surface area contributed by atoms with Crippen LogP contribution >= 0.6 is 0 Å². The maximum Gasteiger partial charge on any atom is 0.163 e. The molecular formula is C16H22O3. The Morgan fingerprint density at radius 3 is 2.74 bits per heavy atom. The Balaban J connectivity index is 2.91. The number of ether oxygens (including phenoxy) is 1. The van der Waals surface area contributed by atoms with Gasteiger partial charge in [0.05, 0.1) is 12.2 Å². The van der Waals surface area contributed by atoms with Crippen LogP contribution in [0.5, 0.6) is 11.5 Å². The van der Waals surface area contributed by atoms with Gasteiger partial charge in [-0.15, -0.1) is 6.58 Å². The van der Waals surface area contributed by atoms with E-state index in [1.54, 1.807) is 12.1 Å². The average Bonchev–Trinajstić information content (AvgIpc) is 2.37. The van der Waals surface area contributed by atoms with Crippen molar-refractivity contribution in [2.75, 3.05) is 6.61 Å². The lowest BCUT2D eigenvalue weighted by molar-refractivity contribution is 0.101. The van der Waals surface area contributed by atoms with E-state index in [0.717, 1.165) is 24.8 Å². The Morgan fingerprint density at radius 1 is 1.42 bits per heavy atom. The van der Waals surface area contributed by atoms with Crippen molar-refractivity contribution < 1.29 is 14.6 Å². The Morgan fingerprint density at radius 2 is 2.16 bits per heavy atom. The number of carbonyl (C=O) groups is 1. The van der Waals surface area contributed by atoms with Crippen molar-refractivity contribution in [3.63, 3.8) is 0 Å². The van der Waals surface area contributed by atoms with Crippen molar-refractivity contribution in [3.05, 3.63) is 35.9 Å². The molecule has 0 bridgehead atoms. The maximum absolute atomic E-state index is 11.4. The molecule has 0 fully saturated rings. The highest BCUT2D eigenvalue weighted by atomic mass is 16.5. The van der Waals surface area contributed by atoms with E-state index in [-0.39, 0.29) is 11.5 Å². The van der Waals surface area contributed by atoms with E-state index in [1.165, 1.54) is 13.0 Å². The van der Waals surface area contributed by atoms with Crippen LogP contribution in [0.15, 0.2) is 24.8 Å². The van der Waals surface area contributed by atoms with Gasteiger partial charge in [0.25, 0.3) is 0 Å². The molecule has 0 aliphatic rings. The SMILES string of the molecule is C=CCc1cc(C(C)=O)c(O)cc1OCCCCC. The van der Waals surface area contributed by atoms with Gasteiger partial charge in [-0.1, -0.05) is 25.8 Å². The van der Waals surface area contributed by atoms with E-state index in [9.17, 15) is 9.90 Å². The van der Waals surface area contributed by atoms with Crippen molar-refractivity contribution >= 4 is 5.78 Å². The topological polar surface area (TPSA) is 46.5 Å². The minimum absolute atomic E-state index is 0.0224. The zero-order valence-electron chi connectivity index (χ0n) is 11.7. The first-order valence-electron chi connectivity index (χ1n) is 6.70. The van der Waals surface area contributed by atoms with E-state index < -0.39 is 0 Å². The molecule has 0 saturated carbocycles. The molecule has 0 spiro atoms. The second-order valence-electron chi connectivity index (χ2n) is 4.58. The van der Waals surface area contributed by atoms with E-state index in [4.69, 9.17) is 4.74 Å². The molecule has 0 aromatic heterocycles. The lowest BCUT2D eigenvalue weighted by atomic mass is 10.0. The number of unbranched alkanes of at least 4 members (excludes halogenated alkanes) is 2. The summed E-state index contributed by atoms with van der Waals surface area (Å²) in [7, 11) is 0. The standard InChI is InChI=1S/C16H22O3/c1-4-6-7-9-19-16-11-15(18)14(12(3)17)10-13(16)8-5-2/h5,10-11,18H,2,4,6-9H2,1,3H3. The molecule has 0 radical (unpaired) electrons. The number of hydrogen-bond acceptors (Lipinski definition) is 3. The number of hydrogen-bond donors (Lipinski definition) is 1. The number of Topliss-reactive ketones (excluding diaryl/α,β-unsaturated/α-hetero) is 1. The molecule has 104 valence electrons. The molecule has 0 aliphatic carbocycles. The third-order valence-electron chi connectivity index (χ3n) is 2.93. The number of phenolic OH excluding ortho intramolecular Hbond substituents is 1. The molecule has 19 heavy (non-hydrogen) atoms. The highest BCUT2D eigenvalue weighted by Gasteiger charge is 2.12. The van der Waals surface area contributed by atoms with Gasteiger partial charge in [-0.05, 0) is 31.4 Å². The van der Waals surface area contributed by atoms with Gasteiger partial charge in [0, 0.05) is 6.07 Å². The van der Waals surface area contributed by atoms with Crippen LogP contribution in [0, 0.1) is 0 Å². The Labute approximate surface area is 114 Å². The van der Waals surface area contributed by atoms with E-state index in [2.05, 4.69) is 13.5 Å². The number of benzene rings is 1. The van der Waals surface area contributed by atoms with Gasteiger partial charge in [-0.25, -0.2) is 0 Å². The molecular weight excluding hydrogens is 240 g/mol. The van der Waals surface area contributed by atoms with Crippen LogP contribution in [-0.4, -0.2) is 17.5 Å². The van der Waals surface area contributed by atoms with Gasteiger partial charge < -0.3 is 9.84 Å². The Kier molecular flexibility index (Phi) is 6.13. The lowest BCUT2D eigenvalue weighted by Gasteiger charge is -2.13. The summed E-state index contributed by atoms with van der Waals surface area (Å²) in [6, 6.07) is 3.22. The van der Waals surface area contributed by atoms with Crippen LogP contribution in [0.2, 0.25) is 0 Å². The molecule has 1 aromatic carbocycles. The second kappa shape index (κ2) is 7.62. The molecule has 3 nitrogen and oxygen atoms in total. The summed E-state index contributed by atoms with van der Waals surface area (Å²) < 4.78 is 5.69. The minimum Gasteiger partial charge on any atom is -0.507 e. The summed E-state index contributed by atoms with van der Waals surface area (Å²) in [6.45, 7) is 7.90. The summed E-state index contributed by atoms with van der Waals surface area (Å²) in [4.78, 5) is 11.4. The van der Waals surface area contributed by atoms with E-state index in [1.807, 2.05) is 0 Å². The Bertz CT molecular complexity index is 450. The number of allylic oxidation sites excluding steroid dienone is 1. The van der Waals surface area contributed by atoms with Crippen LogP contribution in [0.3, 0.4) is 0 Å². The van der Waals surface area contributed by atoms with E-state index >= 15 is 0 Å².